The molecule has 0 unspecified atom stereocenters. The summed E-state index contributed by atoms with van der Waals surface area (Å²) in [6.45, 7) is 4.67. The zero-order valence-electron chi connectivity index (χ0n) is 13.9. The van der Waals surface area contributed by atoms with Gasteiger partial charge in [-0.1, -0.05) is 25.1 Å². The van der Waals surface area contributed by atoms with E-state index < -0.39 is 0 Å². The van der Waals surface area contributed by atoms with Gasteiger partial charge in [0.05, 0.1) is 25.9 Å². The van der Waals surface area contributed by atoms with E-state index in [1.807, 2.05) is 30.3 Å². The zero-order valence-corrected chi connectivity index (χ0v) is 13.9. The minimum absolute atomic E-state index is 0.699. The van der Waals surface area contributed by atoms with Crippen LogP contribution in [-0.4, -0.2) is 25.7 Å². The molecule has 0 aliphatic heterocycles. The average Bonchev–Trinajstić information content (AvgIpc) is 2.61. The molecule has 0 aromatic heterocycles. The van der Waals surface area contributed by atoms with Gasteiger partial charge < -0.3 is 9.47 Å². The van der Waals surface area contributed by atoms with E-state index in [-0.39, 0.29) is 0 Å². The third kappa shape index (κ3) is 4.48. The van der Waals surface area contributed by atoms with E-state index in [4.69, 9.17) is 14.7 Å². The summed E-state index contributed by atoms with van der Waals surface area (Å²) in [5.41, 5.74) is 3.01. The van der Waals surface area contributed by atoms with Crippen LogP contribution in [-0.2, 0) is 13.1 Å². The Morgan fingerprint density at radius 3 is 2.26 bits per heavy atom. The van der Waals surface area contributed by atoms with E-state index in [0.29, 0.717) is 5.56 Å². The maximum absolute atomic E-state index is 9.01. The topological polar surface area (TPSA) is 45.5 Å². The molecule has 0 saturated carbocycles. The van der Waals surface area contributed by atoms with Crippen molar-refractivity contribution in [3.05, 3.63) is 59.2 Å². The molecule has 120 valence electrons. The second-order valence-electron chi connectivity index (χ2n) is 5.30. The Balaban J connectivity index is 2.11. The van der Waals surface area contributed by atoms with Gasteiger partial charge in [-0.2, -0.15) is 5.26 Å². The van der Waals surface area contributed by atoms with Crippen molar-refractivity contribution in [1.82, 2.24) is 4.90 Å². The van der Waals surface area contributed by atoms with Crippen LogP contribution in [0.4, 0.5) is 0 Å². The minimum Gasteiger partial charge on any atom is -0.493 e. The first-order valence-corrected chi connectivity index (χ1v) is 7.62. The highest BCUT2D eigenvalue weighted by molar-refractivity contribution is 5.42. The highest BCUT2D eigenvalue weighted by Crippen LogP contribution is 2.28. The van der Waals surface area contributed by atoms with E-state index in [1.165, 1.54) is 5.56 Å². The van der Waals surface area contributed by atoms with Crippen LogP contribution in [0.5, 0.6) is 11.5 Å². The van der Waals surface area contributed by atoms with Gasteiger partial charge in [0.1, 0.15) is 0 Å². The van der Waals surface area contributed by atoms with Gasteiger partial charge in [-0.05, 0) is 41.9 Å². The first-order valence-electron chi connectivity index (χ1n) is 7.62. The maximum atomic E-state index is 9.01. The molecule has 0 spiro atoms. The predicted octanol–water partition coefficient (Wildman–Crippen LogP) is 3.60. The van der Waals surface area contributed by atoms with Crippen LogP contribution in [0.1, 0.15) is 23.6 Å². The first kappa shape index (κ1) is 16.9. The van der Waals surface area contributed by atoms with Crippen molar-refractivity contribution in [2.24, 2.45) is 0 Å². The Labute approximate surface area is 137 Å². The number of benzene rings is 2. The Morgan fingerprint density at radius 2 is 1.65 bits per heavy atom. The van der Waals surface area contributed by atoms with Crippen molar-refractivity contribution in [3.63, 3.8) is 0 Å². The molecule has 0 N–H and O–H groups in total. The second-order valence-corrected chi connectivity index (χ2v) is 5.30. The molecule has 0 saturated heterocycles. The van der Waals surface area contributed by atoms with E-state index >= 15 is 0 Å². The van der Waals surface area contributed by atoms with Gasteiger partial charge in [-0.25, -0.2) is 0 Å². The van der Waals surface area contributed by atoms with Gasteiger partial charge in [0.25, 0.3) is 0 Å². The fourth-order valence-electron chi connectivity index (χ4n) is 2.51. The number of hydrogen-bond donors (Lipinski definition) is 0. The van der Waals surface area contributed by atoms with E-state index in [2.05, 4.69) is 30.0 Å². The van der Waals surface area contributed by atoms with Crippen LogP contribution in [0.25, 0.3) is 0 Å². The Bertz CT molecular complexity index is 692. The van der Waals surface area contributed by atoms with Gasteiger partial charge in [-0.15, -0.1) is 0 Å². The van der Waals surface area contributed by atoms with Crippen LogP contribution >= 0.6 is 0 Å². The Hall–Kier alpha value is -2.51. The number of methoxy groups -OCH3 is 2. The molecule has 4 nitrogen and oxygen atoms in total. The molecule has 0 fully saturated rings. The highest BCUT2D eigenvalue weighted by atomic mass is 16.5. The summed E-state index contributed by atoms with van der Waals surface area (Å²) in [6, 6.07) is 15.9. The fraction of sp³-hybridized carbons (Fsp3) is 0.316. The summed E-state index contributed by atoms with van der Waals surface area (Å²) in [6.07, 6.45) is 0. The summed E-state index contributed by atoms with van der Waals surface area (Å²) in [4.78, 5) is 2.32. The van der Waals surface area contributed by atoms with Crippen LogP contribution in [0, 0.1) is 11.3 Å². The number of hydrogen-bond acceptors (Lipinski definition) is 4. The largest absolute Gasteiger partial charge is 0.493 e. The summed E-state index contributed by atoms with van der Waals surface area (Å²) >= 11 is 0. The molecule has 4 heteroatoms. The van der Waals surface area contributed by atoms with Gasteiger partial charge in [0, 0.05) is 13.1 Å². The normalized spacial score (nSPS) is 10.4. The molecular formula is C19H22N2O2. The van der Waals surface area contributed by atoms with Gasteiger partial charge in [0.2, 0.25) is 0 Å². The average molecular weight is 310 g/mol. The lowest BCUT2D eigenvalue weighted by Crippen LogP contribution is -2.22. The standard InChI is InChI=1S/C19H22N2O2/c1-4-21(13-16-7-5-6-15(10-16)12-20)14-17-8-9-18(22-2)19(11-17)23-3/h5-11H,4,13-14H2,1-3H3. The van der Waals surface area contributed by atoms with Crippen molar-refractivity contribution >= 4 is 0 Å². The van der Waals surface area contributed by atoms with Crippen LogP contribution < -0.4 is 9.47 Å². The molecule has 2 rings (SSSR count). The van der Waals surface area contributed by atoms with Crippen LogP contribution in [0.2, 0.25) is 0 Å². The van der Waals surface area contributed by atoms with Crippen molar-refractivity contribution in [2.75, 3.05) is 20.8 Å². The van der Waals surface area contributed by atoms with Crippen molar-refractivity contribution in [1.29, 1.82) is 5.26 Å². The molecule has 0 atom stereocenters. The molecule has 0 radical (unpaired) electrons. The van der Waals surface area contributed by atoms with Crippen molar-refractivity contribution in [2.45, 2.75) is 20.0 Å². The van der Waals surface area contributed by atoms with Crippen molar-refractivity contribution < 1.29 is 9.47 Å². The summed E-state index contributed by atoms with van der Waals surface area (Å²) in [7, 11) is 3.28. The molecular weight excluding hydrogens is 288 g/mol. The molecule has 0 heterocycles. The summed E-state index contributed by atoms with van der Waals surface area (Å²) < 4.78 is 10.6. The highest BCUT2D eigenvalue weighted by Gasteiger charge is 2.09. The third-order valence-corrected chi connectivity index (χ3v) is 3.76. The van der Waals surface area contributed by atoms with E-state index in [9.17, 15) is 0 Å². The molecule has 0 aliphatic rings. The number of nitriles is 1. The molecule has 0 aliphatic carbocycles. The smallest absolute Gasteiger partial charge is 0.161 e. The molecule has 0 bridgehead atoms. The van der Waals surface area contributed by atoms with Gasteiger partial charge >= 0.3 is 0 Å². The van der Waals surface area contributed by atoms with E-state index in [1.54, 1.807) is 14.2 Å². The fourth-order valence-corrected chi connectivity index (χ4v) is 2.51. The maximum Gasteiger partial charge on any atom is 0.161 e. The monoisotopic (exact) mass is 310 g/mol. The molecule has 23 heavy (non-hydrogen) atoms. The minimum atomic E-state index is 0.699. The Kier molecular flexibility index (Phi) is 6.02. The predicted molar refractivity (Wildman–Crippen MR) is 90.5 cm³/mol. The molecule has 2 aromatic carbocycles. The summed E-state index contributed by atoms with van der Waals surface area (Å²) in [5, 5.41) is 9.01. The zero-order chi connectivity index (χ0) is 16.7. The molecule has 2 aromatic rings. The summed E-state index contributed by atoms with van der Waals surface area (Å²) in [5.74, 6) is 1.48. The van der Waals surface area contributed by atoms with Gasteiger partial charge in [-0.3, -0.25) is 4.90 Å². The molecule has 0 amide bonds. The lowest BCUT2D eigenvalue weighted by atomic mass is 10.1. The second kappa shape index (κ2) is 8.21. The SMILES string of the molecule is CCN(Cc1cccc(C#N)c1)Cc1ccc(OC)c(OC)c1. The van der Waals surface area contributed by atoms with Crippen molar-refractivity contribution in [3.8, 4) is 17.6 Å². The Morgan fingerprint density at radius 1 is 0.957 bits per heavy atom. The van der Waals surface area contributed by atoms with Crippen LogP contribution in [0.3, 0.4) is 0 Å². The quantitative estimate of drug-likeness (QED) is 0.784. The lowest BCUT2D eigenvalue weighted by molar-refractivity contribution is 0.270. The first-order chi connectivity index (χ1) is 11.2. The lowest BCUT2D eigenvalue weighted by Gasteiger charge is -2.21. The van der Waals surface area contributed by atoms with Gasteiger partial charge in [0.15, 0.2) is 11.5 Å². The number of rotatable bonds is 7. The number of nitrogens with zero attached hydrogens (tertiary/aromatic N) is 2. The number of ether oxygens (including phenoxy) is 2. The van der Waals surface area contributed by atoms with Crippen LogP contribution in [0.15, 0.2) is 42.5 Å². The van der Waals surface area contributed by atoms with E-state index in [0.717, 1.165) is 36.7 Å². The third-order valence-electron chi connectivity index (χ3n) is 3.76.